The zero-order chi connectivity index (χ0) is 23.6. The van der Waals surface area contributed by atoms with E-state index in [2.05, 4.69) is 4.90 Å². The summed E-state index contributed by atoms with van der Waals surface area (Å²) in [6.07, 6.45) is -3.07. The number of piperazine rings is 1. The predicted octanol–water partition coefficient (Wildman–Crippen LogP) is 3.41. The third-order valence-corrected chi connectivity index (χ3v) is 6.13. The SMILES string of the molecule is NCCCc1nc2cccc(Cl)c2c(=O)n1N1CCN(Cc2ccc(C(F)(F)F)cc2)CC1. The van der Waals surface area contributed by atoms with E-state index in [0.29, 0.717) is 73.9 Å². The zero-order valence-corrected chi connectivity index (χ0v) is 18.7. The summed E-state index contributed by atoms with van der Waals surface area (Å²) in [5.74, 6) is 0.649. The van der Waals surface area contributed by atoms with E-state index in [9.17, 15) is 18.0 Å². The van der Waals surface area contributed by atoms with Crippen LogP contribution in [0.5, 0.6) is 0 Å². The van der Waals surface area contributed by atoms with E-state index in [1.807, 2.05) is 5.01 Å². The molecule has 0 spiro atoms. The smallest absolute Gasteiger partial charge is 0.330 e. The van der Waals surface area contributed by atoms with Gasteiger partial charge in [0.15, 0.2) is 0 Å². The molecule has 4 rings (SSSR count). The minimum atomic E-state index is -4.34. The van der Waals surface area contributed by atoms with Gasteiger partial charge < -0.3 is 10.7 Å². The maximum Gasteiger partial charge on any atom is 0.416 e. The number of halogens is 4. The van der Waals surface area contributed by atoms with Crippen LogP contribution in [0.1, 0.15) is 23.4 Å². The number of nitrogens with two attached hydrogens (primary N) is 1. The number of hydrogen-bond acceptors (Lipinski definition) is 5. The van der Waals surface area contributed by atoms with Crippen LogP contribution in [0.4, 0.5) is 13.2 Å². The summed E-state index contributed by atoms with van der Waals surface area (Å²) in [5, 5.41) is 2.72. The molecule has 1 saturated heterocycles. The fourth-order valence-corrected chi connectivity index (χ4v) is 4.34. The van der Waals surface area contributed by atoms with Crippen LogP contribution in [-0.2, 0) is 19.1 Å². The summed E-state index contributed by atoms with van der Waals surface area (Å²) < 4.78 is 40.0. The topological polar surface area (TPSA) is 67.4 Å². The van der Waals surface area contributed by atoms with Crippen molar-refractivity contribution in [2.75, 3.05) is 37.7 Å². The number of aryl methyl sites for hydroxylation is 1. The number of hydrogen-bond donors (Lipinski definition) is 1. The number of nitrogens with zero attached hydrogens (tertiary/aromatic N) is 4. The van der Waals surface area contributed by atoms with Crippen molar-refractivity contribution in [1.82, 2.24) is 14.6 Å². The molecule has 0 amide bonds. The number of fused-ring (bicyclic) bond motifs is 1. The van der Waals surface area contributed by atoms with Crippen LogP contribution in [0, 0.1) is 0 Å². The molecule has 33 heavy (non-hydrogen) atoms. The molecule has 1 aliphatic rings. The molecule has 1 aromatic heterocycles. The molecule has 0 aliphatic carbocycles. The molecule has 0 saturated carbocycles. The molecule has 176 valence electrons. The van der Waals surface area contributed by atoms with Gasteiger partial charge in [-0.3, -0.25) is 9.69 Å². The average Bonchev–Trinajstić information content (AvgIpc) is 2.78. The van der Waals surface area contributed by atoms with Crippen LogP contribution < -0.4 is 16.3 Å². The Hall–Kier alpha value is -2.62. The molecule has 2 aromatic carbocycles. The minimum absolute atomic E-state index is 0.200. The average molecular weight is 480 g/mol. The zero-order valence-electron chi connectivity index (χ0n) is 18.0. The van der Waals surface area contributed by atoms with Gasteiger partial charge in [0.2, 0.25) is 0 Å². The highest BCUT2D eigenvalue weighted by Gasteiger charge is 2.30. The van der Waals surface area contributed by atoms with E-state index >= 15 is 0 Å². The normalized spacial score (nSPS) is 15.4. The molecule has 0 unspecified atom stereocenters. The Balaban J connectivity index is 1.52. The molecule has 1 fully saturated rings. The van der Waals surface area contributed by atoms with Crippen molar-refractivity contribution >= 4 is 22.5 Å². The van der Waals surface area contributed by atoms with E-state index in [4.69, 9.17) is 22.3 Å². The molecule has 6 nitrogen and oxygen atoms in total. The van der Waals surface area contributed by atoms with E-state index in [1.54, 1.807) is 22.9 Å². The van der Waals surface area contributed by atoms with Gasteiger partial charge in [-0.25, -0.2) is 9.66 Å². The molecule has 1 aliphatic heterocycles. The summed E-state index contributed by atoms with van der Waals surface area (Å²) in [4.78, 5) is 20.2. The molecule has 3 aromatic rings. The summed E-state index contributed by atoms with van der Waals surface area (Å²) in [6, 6.07) is 10.5. The summed E-state index contributed by atoms with van der Waals surface area (Å²) in [6.45, 7) is 3.50. The lowest BCUT2D eigenvalue weighted by Crippen LogP contribution is -2.54. The van der Waals surface area contributed by atoms with Crippen LogP contribution in [0.2, 0.25) is 5.02 Å². The number of benzene rings is 2. The van der Waals surface area contributed by atoms with Crippen molar-refractivity contribution in [3.8, 4) is 0 Å². The molecule has 0 radical (unpaired) electrons. The van der Waals surface area contributed by atoms with Crippen molar-refractivity contribution in [2.45, 2.75) is 25.6 Å². The summed E-state index contributed by atoms with van der Waals surface area (Å²) in [7, 11) is 0. The lowest BCUT2D eigenvalue weighted by molar-refractivity contribution is -0.137. The fraction of sp³-hybridized carbons (Fsp3) is 0.391. The van der Waals surface area contributed by atoms with Crippen molar-refractivity contribution in [3.05, 3.63) is 74.8 Å². The number of aromatic nitrogens is 2. The number of rotatable bonds is 6. The quantitative estimate of drug-likeness (QED) is 0.587. The van der Waals surface area contributed by atoms with Gasteiger partial charge in [0.05, 0.1) is 21.5 Å². The molecule has 10 heteroatoms. The minimum Gasteiger partial charge on any atom is -0.330 e. The Bertz CT molecular complexity index is 1170. The first-order valence-electron chi connectivity index (χ1n) is 10.8. The Morgan fingerprint density at radius 3 is 2.36 bits per heavy atom. The first kappa shape index (κ1) is 23.5. The van der Waals surface area contributed by atoms with Crippen LogP contribution in [-0.4, -0.2) is 47.3 Å². The second kappa shape index (κ2) is 9.70. The maximum absolute atomic E-state index is 13.4. The van der Waals surface area contributed by atoms with Gasteiger partial charge in [-0.2, -0.15) is 13.2 Å². The monoisotopic (exact) mass is 479 g/mol. The highest BCUT2D eigenvalue weighted by atomic mass is 35.5. The standard InChI is InChI=1S/C23H25ClF3N5O/c24-18-3-1-4-19-21(18)22(33)32(20(29-19)5-2-10-28)31-13-11-30(12-14-31)15-16-6-8-17(9-7-16)23(25,26)27/h1,3-4,6-9H,2,5,10-15,28H2. The highest BCUT2D eigenvalue weighted by Crippen LogP contribution is 2.29. The first-order valence-corrected chi connectivity index (χ1v) is 11.2. The second-order valence-electron chi connectivity index (χ2n) is 8.10. The molecule has 2 heterocycles. The van der Waals surface area contributed by atoms with E-state index in [-0.39, 0.29) is 5.56 Å². The Kier molecular flexibility index (Phi) is 6.92. The Morgan fingerprint density at radius 2 is 1.73 bits per heavy atom. The molecule has 0 atom stereocenters. The van der Waals surface area contributed by atoms with Crippen molar-refractivity contribution in [3.63, 3.8) is 0 Å². The lowest BCUT2D eigenvalue weighted by Gasteiger charge is -2.37. The maximum atomic E-state index is 13.4. The lowest BCUT2D eigenvalue weighted by atomic mass is 10.1. The number of alkyl halides is 3. The van der Waals surface area contributed by atoms with Crippen LogP contribution in [0.25, 0.3) is 10.9 Å². The third kappa shape index (κ3) is 5.15. The molecular formula is C23H25ClF3N5O. The Morgan fingerprint density at radius 1 is 1.03 bits per heavy atom. The van der Waals surface area contributed by atoms with E-state index < -0.39 is 11.7 Å². The predicted molar refractivity (Wildman–Crippen MR) is 123 cm³/mol. The van der Waals surface area contributed by atoms with Crippen molar-refractivity contribution in [2.24, 2.45) is 5.73 Å². The molecule has 2 N–H and O–H groups in total. The Labute approximate surface area is 194 Å². The first-order chi connectivity index (χ1) is 15.8. The molecule has 0 bridgehead atoms. The fourth-order valence-electron chi connectivity index (χ4n) is 4.09. The van der Waals surface area contributed by atoms with Crippen LogP contribution in [0.3, 0.4) is 0 Å². The van der Waals surface area contributed by atoms with Gasteiger partial charge in [-0.1, -0.05) is 29.8 Å². The largest absolute Gasteiger partial charge is 0.416 e. The third-order valence-electron chi connectivity index (χ3n) is 5.82. The van der Waals surface area contributed by atoms with Gasteiger partial charge in [0, 0.05) is 39.1 Å². The van der Waals surface area contributed by atoms with Gasteiger partial charge in [-0.05, 0) is 42.8 Å². The van der Waals surface area contributed by atoms with Gasteiger partial charge in [0.25, 0.3) is 5.56 Å². The molecular weight excluding hydrogens is 455 g/mol. The summed E-state index contributed by atoms with van der Waals surface area (Å²) in [5.41, 5.74) is 6.22. The van der Waals surface area contributed by atoms with Crippen molar-refractivity contribution < 1.29 is 13.2 Å². The van der Waals surface area contributed by atoms with Crippen LogP contribution >= 0.6 is 11.6 Å². The summed E-state index contributed by atoms with van der Waals surface area (Å²) >= 11 is 6.31. The second-order valence-corrected chi connectivity index (χ2v) is 8.50. The van der Waals surface area contributed by atoms with Crippen molar-refractivity contribution in [1.29, 1.82) is 0 Å². The van der Waals surface area contributed by atoms with E-state index in [0.717, 1.165) is 17.7 Å². The van der Waals surface area contributed by atoms with Gasteiger partial charge in [-0.15, -0.1) is 0 Å². The van der Waals surface area contributed by atoms with Crippen LogP contribution in [0.15, 0.2) is 47.3 Å². The van der Waals surface area contributed by atoms with E-state index in [1.165, 1.54) is 12.1 Å². The van der Waals surface area contributed by atoms with Gasteiger partial charge >= 0.3 is 6.18 Å². The van der Waals surface area contributed by atoms with Gasteiger partial charge in [0.1, 0.15) is 5.82 Å². The highest BCUT2D eigenvalue weighted by molar-refractivity contribution is 6.35.